The summed E-state index contributed by atoms with van der Waals surface area (Å²) in [5, 5.41) is 1.97. The molecule has 0 spiro atoms. The Kier molecular flexibility index (Phi) is 7.21. The molecule has 0 aliphatic carbocycles. The molecule has 188 valence electrons. The SMILES string of the molecule is CC1=C(C(=O)OC(C)C)C(c2ccc(OCc3ccccc3)cc2)n2c(s/c(=C\c3cccs3)c2=O)=N1. The highest BCUT2D eigenvalue weighted by molar-refractivity contribution is 7.11. The maximum absolute atomic E-state index is 13.6. The zero-order chi connectivity index (χ0) is 25.9. The van der Waals surface area contributed by atoms with Crippen molar-refractivity contribution in [3.8, 4) is 5.75 Å². The van der Waals surface area contributed by atoms with Crippen LogP contribution >= 0.6 is 22.7 Å². The van der Waals surface area contributed by atoms with Crippen LogP contribution in [0.3, 0.4) is 0 Å². The highest BCUT2D eigenvalue weighted by Crippen LogP contribution is 2.32. The van der Waals surface area contributed by atoms with Gasteiger partial charge in [0.2, 0.25) is 0 Å². The van der Waals surface area contributed by atoms with Gasteiger partial charge in [0.1, 0.15) is 12.4 Å². The van der Waals surface area contributed by atoms with Gasteiger partial charge in [-0.15, -0.1) is 11.3 Å². The fourth-order valence-corrected chi connectivity index (χ4v) is 5.93. The molecule has 2 aromatic heterocycles. The van der Waals surface area contributed by atoms with Crippen molar-refractivity contribution in [3.05, 3.63) is 119 Å². The van der Waals surface area contributed by atoms with Crippen LogP contribution in [0.1, 0.15) is 42.8 Å². The van der Waals surface area contributed by atoms with Crippen LogP contribution in [0.25, 0.3) is 6.08 Å². The summed E-state index contributed by atoms with van der Waals surface area (Å²) in [6.45, 7) is 5.84. The maximum atomic E-state index is 13.6. The zero-order valence-corrected chi connectivity index (χ0v) is 22.3. The van der Waals surface area contributed by atoms with Crippen molar-refractivity contribution < 1.29 is 14.3 Å². The number of esters is 1. The Hall–Kier alpha value is -3.75. The number of hydrogen-bond donors (Lipinski definition) is 0. The molecule has 1 aliphatic heterocycles. The summed E-state index contributed by atoms with van der Waals surface area (Å²) in [7, 11) is 0. The summed E-state index contributed by atoms with van der Waals surface area (Å²) in [6.07, 6.45) is 1.57. The van der Waals surface area contributed by atoms with Gasteiger partial charge in [0, 0.05) is 4.88 Å². The van der Waals surface area contributed by atoms with E-state index < -0.39 is 12.0 Å². The third kappa shape index (κ3) is 5.35. The molecule has 3 heterocycles. The Morgan fingerprint density at radius 1 is 1.08 bits per heavy atom. The molecule has 1 atom stereocenters. The summed E-state index contributed by atoms with van der Waals surface area (Å²) >= 11 is 2.88. The van der Waals surface area contributed by atoms with E-state index in [2.05, 4.69) is 4.99 Å². The lowest BCUT2D eigenvalue weighted by molar-refractivity contribution is -0.143. The largest absolute Gasteiger partial charge is 0.489 e. The third-order valence-electron chi connectivity index (χ3n) is 5.85. The molecule has 37 heavy (non-hydrogen) atoms. The maximum Gasteiger partial charge on any atom is 0.338 e. The van der Waals surface area contributed by atoms with Gasteiger partial charge >= 0.3 is 5.97 Å². The van der Waals surface area contributed by atoms with Crippen LogP contribution in [-0.2, 0) is 16.1 Å². The molecule has 0 amide bonds. The number of nitrogens with zero attached hydrogens (tertiary/aromatic N) is 2. The minimum atomic E-state index is -0.656. The first kappa shape index (κ1) is 24.9. The van der Waals surface area contributed by atoms with Crippen molar-refractivity contribution in [1.82, 2.24) is 4.57 Å². The third-order valence-corrected chi connectivity index (χ3v) is 7.65. The topological polar surface area (TPSA) is 69.9 Å². The van der Waals surface area contributed by atoms with Gasteiger partial charge in [-0.3, -0.25) is 9.36 Å². The van der Waals surface area contributed by atoms with Gasteiger partial charge in [0.05, 0.1) is 27.9 Å². The van der Waals surface area contributed by atoms with Crippen molar-refractivity contribution in [2.45, 2.75) is 39.5 Å². The van der Waals surface area contributed by atoms with E-state index in [1.54, 1.807) is 36.7 Å². The van der Waals surface area contributed by atoms with Gasteiger partial charge in [-0.25, -0.2) is 9.79 Å². The molecule has 0 radical (unpaired) electrons. The van der Waals surface area contributed by atoms with E-state index in [1.807, 2.05) is 78.2 Å². The van der Waals surface area contributed by atoms with Gasteiger partial charge < -0.3 is 9.47 Å². The number of allylic oxidation sites excluding steroid dienone is 1. The minimum absolute atomic E-state index is 0.186. The van der Waals surface area contributed by atoms with Crippen LogP contribution in [0, 0.1) is 0 Å². The number of rotatable bonds is 7. The van der Waals surface area contributed by atoms with E-state index in [1.165, 1.54) is 11.3 Å². The van der Waals surface area contributed by atoms with Crippen LogP contribution in [0.15, 0.2) is 93.2 Å². The van der Waals surface area contributed by atoms with E-state index in [4.69, 9.17) is 9.47 Å². The first-order chi connectivity index (χ1) is 17.9. The number of thiophene rings is 1. The van der Waals surface area contributed by atoms with E-state index in [-0.39, 0.29) is 11.7 Å². The first-order valence-corrected chi connectivity index (χ1v) is 13.6. The van der Waals surface area contributed by atoms with E-state index in [0.29, 0.717) is 33.0 Å². The van der Waals surface area contributed by atoms with Gasteiger partial charge in [-0.1, -0.05) is 59.9 Å². The Bertz CT molecular complexity index is 1610. The molecule has 1 unspecified atom stereocenters. The van der Waals surface area contributed by atoms with Gasteiger partial charge in [-0.2, -0.15) is 0 Å². The fraction of sp³-hybridized carbons (Fsp3) is 0.207. The second-order valence-corrected chi connectivity index (χ2v) is 10.9. The lowest BCUT2D eigenvalue weighted by Gasteiger charge is -2.25. The Labute approximate surface area is 222 Å². The second kappa shape index (κ2) is 10.7. The standard InChI is InChI=1S/C29H26N2O4S2/c1-18(2)35-28(33)25-19(3)30-29-31(27(32)24(37-29)16-23-10-7-15-36-23)26(25)21-11-13-22(14-12-21)34-17-20-8-5-4-6-9-20/h4-16,18,26H,17H2,1-3H3/b24-16-. The molecule has 8 heteroatoms. The van der Waals surface area contributed by atoms with Crippen LogP contribution in [0.5, 0.6) is 5.75 Å². The summed E-state index contributed by atoms with van der Waals surface area (Å²) in [5.74, 6) is 0.225. The molecule has 4 aromatic rings. The van der Waals surface area contributed by atoms with E-state index in [0.717, 1.165) is 16.0 Å². The quantitative estimate of drug-likeness (QED) is 0.321. The molecular formula is C29H26N2O4S2. The molecule has 0 bridgehead atoms. The number of hydrogen-bond acceptors (Lipinski definition) is 7. The summed E-state index contributed by atoms with van der Waals surface area (Å²) < 4.78 is 13.7. The van der Waals surface area contributed by atoms with E-state index >= 15 is 0 Å². The van der Waals surface area contributed by atoms with Crippen LogP contribution in [0.4, 0.5) is 0 Å². The fourth-order valence-electron chi connectivity index (χ4n) is 4.17. The Morgan fingerprint density at radius 2 is 1.84 bits per heavy atom. The predicted octanol–water partition coefficient (Wildman–Crippen LogP) is 4.83. The number of fused-ring (bicyclic) bond motifs is 1. The lowest BCUT2D eigenvalue weighted by Crippen LogP contribution is -2.40. The average Bonchev–Trinajstić information content (AvgIpc) is 3.50. The van der Waals surface area contributed by atoms with Crippen LogP contribution < -0.4 is 19.6 Å². The first-order valence-electron chi connectivity index (χ1n) is 11.9. The highest BCUT2D eigenvalue weighted by atomic mass is 32.1. The molecule has 0 saturated heterocycles. The van der Waals surface area contributed by atoms with Crippen LogP contribution in [0.2, 0.25) is 0 Å². The van der Waals surface area contributed by atoms with Crippen molar-refractivity contribution in [2.24, 2.45) is 4.99 Å². The second-order valence-electron chi connectivity index (χ2n) is 8.89. The van der Waals surface area contributed by atoms with Gasteiger partial charge in [-0.05, 0) is 61.6 Å². The normalized spacial score (nSPS) is 15.5. The van der Waals surface area contributed by atoms with Crippen LogP contribution in [-0.4, -0.2) is 16.6 Å². The zero-order valence-electron chi connectivity index (χ0n) is 20.7. The average molecular weight is 531 g/mol. The van der Waals surface area contributed by atoms with E-state index in [9.17, 15) is 9.59 Å². The lowest BCUT2D eigenvalue weighted by atomic mass is 9.96. The van der Waals surface area contributed by atoms with Gasteiger partial charge in [0.25, 0.3) is 5.56 Å². The number of thiazole rings is 1. The number of carbonyl (C=O) groups excluding carboxylic acids is 1. The Morgan fingerprint density at radius 3 is 2.51 bits per heavy atom. The molecule has 5 rings (SSSR count). The molecule has 0 fully saturated rings. The molecule has 2 aromatic carbocycles. The monoisotopic (exact) mass is 530 g/mol. The number of aromatic nitrogens is 1. The molecular weight excluding hydrogens is 504 g/mol. The number of ether oxygens (including phenoxy) is 2. The summed E-state index contributed by atoms with van der Waals surface area (Å²) in [5.41, 5.74) is 2.57. The predicted molar refractivity (Wildman–Crippen MR) is 147 cm³/mol. The number of benzene rings is 2. The molecule has 1 aliphatic rings. The molecule has 0 N–H and O–H groups in total. The summed E-state index contributed by atoms with van der Waals surface area (Å²) in [6, 6.07) is 20.7. The van der Waals surface area contributed by atoms with Gasteiger partial charge in [0.15, 0.2) is 4.80 Å². The van der Waals surface area contributed by atoms with Crippen molar-refractivity contribution in [1.29, 1.82) is 0 Å². The smallest absolute Gasteiger partial charge is 0.338 e. The number of carbonyl (C=O) groups is 1. The van der Waals surface area contributed by atoms with Crippen molar-refractivity contribution in [3.63, 3.8) is 0 Å². The Balaban J connectivity index is 1.56. The van der Waals surface area contributed by atoms with Crippen molar-refractivity contribution >= 4 is 34.7 Å². The highest BCUT2D eigenvalue weighted by Gasteiger charge is 2.33. The molecule has 6 nitrogen and oxygen atoms in total. The summed E-state index contributed by atoms with van der Waals surface area (Å²) in [4.78, 5) is 33.0. The minimum Gasteiger partial charge on any atom is -0.489 e. The molecule has 0 saturated carbocycles. The van der Waals surface area contributed by atoms with Crippen molar-refractivity contribution in [2.75, 3.05) is 0 Å².